The van der Waals surface area contributed by atoms with Crippen molar-refractivity contribution in [3.63, 3.8) is 0 Å². The molecule has 2 atom stereocenters. The number of hydrogen-bond donors (Lipinski definition) is 0. The van der Waals surface area contributed by atoms with Crippen molar-refractivity contribution >= 4 is 27.7 Å². The Balaban J connectivity index is 2.50. The van der Waals surface area contributed by atoms with Gasteiger partial charge in [0, 0.05) is 6.42 Å². The summed E-state index contributed by atoms with van der Waals surface area (Å²) in [6, 6.07) is 0. The molecule has 4 nitrogen and oxygen atoms in total. The van der Waals surface area contributed by atoms with Crippen LogP contribution in [0.15, 0.2) is 35.0 Å². The van der Waals surface area contributed by atoms with Gasteiger partial charge in [-0.3, -0.25) is 4.79 Å². The maximum atomic E-state index is 11.6. The molecule has 0 unspecified atom stereocenters. The summed E-state index contributed by atoms with van der Waals surface area (Å²) in [5, 5.41) is 0. The van der Waals surface area contributed by atoms with Gasteiger partial charge in [-0.15, -0.1) is 6.58 Å². The van der Waals surface area contributed by atoms with Crippen molar-refractivity contribution in [2.45, 2.75) is 25.0 Å². The summed E-state index contributed by atoms with van der Waals surface area (Å²) in [4.78, 5) is 23.1. The first-order valence-corrected chi connectivity index (χ1v) is 5.94. The van der Waals surface area contributed by atoms with Crippen LogP contribution in [-0.4, -0.2) is 23.5 Å². The molecule has 0 aromatic heterocycles. The Morgan fingerprint density at radius 1 is 1.59 bits per heavy atom. The van der Waals surface area contributed by atoms with Gasteiger partial charge in [-0.05, 0) is 35.0 Å². The van der Waals surface area contributed by atoms with Crippen molar-refractivity contribution in [1.29, 1.82) is 0 Å². The monoisotopic (exact) mass is 298 g/mol. The van der Waals surface area contributed by atoms with Crippen LogP contribution < -0.4 is 0 Å². The number of carbonyl (C=O) groups is 2. The Kier molecular flexibility index (Phi) is 2.95. The smallest absolute Gasteiger partial charge is 0.348 e. The molecule has 1 heterocycles. The van der Waals surface area contributed by atoms with E-state index >= 15 is 0 Å². The molecule has 1 saturated heterocycles. The summed E-state index contributed by atoms with van der Waals surface area (Å²) in [5.74, 6) is -0.309. The van der Waals surface area contributed by atoms with E-state index in [4.69, 9.17) is 9.47 Å². The zero-order valence-electron chi connectivity index (χ0n) is 9.23. The molecule has 0 aromatic carbocycles. The quantitative estimate of drug-likeness (QED) is 0.578. The fourth-order valence-corrected chi connectivity index (χ4v) is 2.35. The Hall–Kier alpha value is -1.36. The second kappa shape index (κ2) is 4.14. The highest BCUT2D eigenvalue weighted by molar-refractivity contribution is 9.12. The minimum absolute atomic E-state index is 0.204. The van der Waals surface area contributed by atoms with Gasteiger partial charge in [0.15, 0.2) is 23.2 Å². The number of ketones is 1. The maximum Gasteiger partial charge on any atom is 0.348 e. The lowest BCUT2D eigenvalue weighted by Crippen LogP contribution is -2.47. The van der Waals surface area contributed by atoms with Gasteiger partial charge in [-0.1, -0.05) is 6.08 Å². The molecule has 0 saturated carbocycles. The number of halogens is 1. The van der Waals surface area contributed by atoms with Crippen LogP contribution in [0.1, 0.15) is 13.3 Å². The van der Waals surface area contributed by atoms with E-state index in [9.17, 15) is 9.59 Å². The predicted octanol–water partition coefficient (Wildman–Crippen LogP) is 2.01. The van der Waals surface area contributed by atoms with Crippen LogP contribution in [0, 0.1) is 0 Å². The first-order valence-electron chi connectivity index (χ1n) is 5.14. The van der Waals surface area contributed by atoms with Crippen LogP contribution in [0.4, 0.5) is 0 Å². The van der Waals surface area contributed by atoms with Crippen molar-refractivity contribution in [3.8, 4) is 0 Å². The number of carbonyl (C=O) groups excluding carboxylic acids is 2. The first kappa shape index (κ1) is 12.1. The standard InChI is InChI=1S/C12H11BrO4/c1-3-5-12-6-4-8(14)9(13)10(12)16-7(2)11(15)17-12/h3-4,6-7H,1,5H2,2H3/t7-,12+/m1/s1. The molecule has 0 spiro atoms. The van der Waals surface area contributed by atoms with E-state index in [0.29, 0.717) is 16.7 Å². The Labute approximate surface area is 107 Å². The van der Waals surface area contributed by atoms with Crippen LogP contribution in [-0.2, 0) is 19.1 Å². The van der Waals surface area contributed by atoms with Gasteiger partial charge in [-0.25, -0.2) is 4.79 Å². The van der Waals surface area contributed by atoms with Crippen molar-refractivity contribution in [2.24, 2.45) is 0 Å². The highest BCUT2D eigenvalue weighted by atomic mass is 79.9. The molecule has 1 aliphatic carbocycles. The SMILES string of the molecule is C=CC[C@]12C=CC(=O)C(Br)=C1O[C@H](C)C(=O)O2. The molecule has 1 aliphatic heterocycles. The van der Waals surface area contributed by atoms with E-state index in [1.54, 1.807) is 19.1 Å². The number of ether oxygens (including phenoxy) is 2. The lowest BCUT2D eigenvalue weighted by atomic mass is 9.90. The van der Waals surface area contributed by atoms with Crippen LogP contribution in [0.3, 0.4) is 0 Å². The topological polar surface area (TPSA) is 52.6 Å². The van der Waals surface area contributed by atoms with Crippen LogP contribution in [0.2, 0.25) is 0 Å². The lowest BCUT2D eigenvalue weighted by Gasteiger charge is -2.39. The summed E-state index contributed by atoms with van der Waals surface area (Å²) in [5.41, 5.74) is -1.03. The molecule has 0 radical (unpaired) electrons. The van der Waals surface area contributed by atoms with E-state index in [1.165, 1.54) is 6.08 Å². The molecular formula is C12H11BrO4. The van der Waals surface area contributed by atoms with Crippen LogP contribution >= 0.6 is 15.9 Å². The van der Waals surface area contributed by atoms with Gasteiger partial charge in [0.2, 0.25) is 0 Å². The lowest BCUT2D eigenvalue weighted by molar-refractivity contribution is -0.180. The van der Waals surface area contributed by atoms with Gasteiger partial charge in [0.25, 0.3) is 0 Å². The highest BCUT2D eigenvalue weighted by Gasteiger charge is 2.47. The normalized spacial score (nSPS) is 31.8. The number of allylic oxidation sites excluding steroid dienone is 2. The van der Waals surface area contributed by atoms with Gasteiger partial charge in [0.1, 0.15) is 4.48 Å². The molecule has 0 aromatic rings. The van der Waals surface area contributed by atoms with Crippen molar-refractivity contribution in [2.75, 3.05) is 0 Å². The number of esters is 1. The average Bonchev–Trinajstić information content (AvgIpc) is 2.29. The van der Waals surface area contributed by atoms with E-state index in [1.807, 2.05) is 0 Å². The van der Waals surface area contributed by atoms with Gasteiger partial charge >= 0.3 is 5.97 Å². The molecule has 2 aliphatic rings. The molecule has 0 bridgehead atoms. The van der Waals surface area contributed by atoms with E-state index in [-0.39, 0.29) is 5.78 Å². The molecule has 0 amide bonds. The van der Waals surface area contributed by atoms with Crippen molar-refractivity contribution < 1.29 is 19.1 Å². The average molecular weight is 299 g/mol. The molecule has 2 rings (SSSR count). The van der Waals surface area contributed by atoms with Crippen LogP contribution in [0.5, 0.6) is 0 Å². The molecular weight excluding hydrogens is 288 g/mol. The van der Waals surface area contributed by atoms with Crippen LogP contribution in [0.25, 0.3) is 0 Å². The van der Waals surface area contributed by atoms with E-state index in [2.05, 4.69) is 22.5 Å². The number of hydrogen-bond acceptors (Lipinski definition) is 4. The fourth-order valence-electron chi connectivity index (χ4n) is 1.79. The Morgan fingerprint density at radius 2 is 2.29 bits per heavy atom. The molecule has 0 N–H and O–H groups in total. The number of rotatable bonds is 2. The molecule has 17 heavy (non-hydrogen) atoms. The summed E-state index contributed by atoms with van der Waals surface area (Å²) >= 11 is 3.18. The summed E-state index contributed by atoms with van der Waals surface area (Å²) in [6.45, 7) is 5.20. The zero-order chi connectivity index (χ0) is 12.6. The van der Waals surface area contributed by atoms with Crippen molar-refractivity contribution in [3.05, 3.63) is 35.0 Å². The van der Waals surface area contributed by atoms with Gasteiger partial charge in [0.05, 0.1) is 0 Å². The first-order chi connectivity index (χ1) is 8.00. The summed E-state index contributed by atoms with van der Waals surface area (Å²) in [7, 11) is 0. The number of fused-ring (bicyclic) bond motifs is 1. The summed E-state index contributed by atoms with van der Waals surface area (Å²) < 4.78 is 11.2. The third-order valence-electron chi connectivity index (χ3n) is 2.66. The molecule has 90 valence electrons. The molecule has 1 fully saturated rings. The second-order valence-electron chi connectivity index (χ2n) is 3.90. The van der Waals surface area contributed by atoms with Gasteiger partial charge < -0.3 is 9.47 Å². The Morgan fingerprint density at radius 3 is 2.94 bits per heavy atom. The third kappa shape index (κ3) is 1.84. The van der Waals surface area contributed by atoms with Gasteiger partial charge in [-0.2, -0.15) is 0 Å². The highest BCUT2D eigenvalue weighted by Crippen LogP contribution is 2.40. The fraction of sp³-hybridized carbons (Fsp3) is 0.333. The minimum atomic E-state index is -1.03. The third-order valence-corrected chi connectivity index (χ3v) is 3.41. The predicted molar refractivity (Wildman–Crippen MR) is 64.3 cm³/mol. The minimum Gasteiger partial charge on any atom is -0.477 e. The zero-order valence-corrected chi connectivity index (χ0v) is 10.8. The van der Waals surface area contributed by atoms with E-state index in [0.717, 1.165) is 0 Å². The Bertz CT molecular complexity index is 463. The van der Waals surface area contributed by atoms with E-state index < -0.39 is 17.7 Å². The largest absolute Gasteiger partial charge is 0.477 e. The molecule has 5 heteroatoms. The summed E-state index contributed by atoms with van der Waals surface area (Å²) in [6.07, 6.45) is 4.17. The van der Waals surface area contributed by atoms with Crippen molar-refractivity contribution in [1.82, 2.24) is 0 Å². The second-order valence-corrected chi connectivity index (χ2v) is 4.70. The maximum absolute atomic E-state index is 11.6.